The second-order valence-electron chi connectivity index (χ2n) is 6.06. The predicted octanol–water partition coefficient (Wildman–Crippen LogP) is -0.191. The Bertz CT molecular complexity index is 710. The molecule has 0 radical (unpaired) electrons. The highest BCUT2D eigenvalue weighted by atomic mass is 32.2. The van der Waals surface area contributed by atoms with Crippen molar-refractivity contribution in [1.29, 1.82) is 0 Å². The molecular formula is C16H19N3O4S. The highest BCUT2D eigenvalue weighted by Crippen LogP contribution is 2.42. The Balaban J connectivity index is 1.89. The third-order valence-corrected chi connectivity index (χ3v) is 5.30. The maximum absolute atomic E-state index is 12.4. The number of nitrogens with one attached hydrogen (secondary N) is 3. The van der Waals surface area contributed by atoms with Gasteiger partial charge in [-0.2, -0.15) is 11.8 Å². The van der Waals surface area contributed by atoms with E-state index in [1.54, 1.807) is 31.2 Å². The first-order valence-electron chi connectivity index (χ1n) is 7.62. The molecule has 3 rings (SSSR count). The van der Waals surface area contributed by atoms with Gasteiger partial charge in [0.05, 0.1) is 0 Å². The number of amides is 3. The average Bonchev–Trinajstić information content (AvgIpc) is 2.82. The van der Waals surface area contributed by atoms with E-state index in [0.717, 1.165) is 0 Å². The second kappa shape index (κ2) is 6.10. The molecule has 8 heteroatoms. The minimum Gasteiger partial charge on any atom is -0.375 e. The molecule has 3 amide bonds. The van der Waals surface area contributed by atoms with Gasteiger partial charge in [0.1, 0.15) is 12.1 Å². The number of para-hydroxylation sites is 1. The first-order chi connectivity index (χ1) is 11.4. The summed E-state index contributed by atoms with van der Waals surface area (Å²) in [6.07, 6.45) is 1.84. The second-order valence-corrected chi connectivity index (χ2v) is 6.97. The van der Waals surface area contributed by atoms with Crippen LogP contribution >= 0.6 is 11.8 Å². The van der Waals surface area contributed by atoms with Gasteiger partial charge in [-0.3, -0.25) is 14.4 Å². The van der Waals surface area contributed by atoms with E-state index < -0.39 is 35.4 Å². The van der Waals surface area contributed by atoms with Gasteiger partial charge in [0.15, 0.2) is 5.60 Å². The molecule has 2 heterocycles. The Morgan fingerprint density at radius 1 is 1.21 bits per heavy atom. The topological polar surface area (TPSA) is 108 Å². The molecule has 0 spiro atoms. The first-order valence-corrected chi connectivity index (χ1v) is 9.02. The SMILES string of the molecule is CSC[C@@H]1NC(=O)C([C@@H](C)[C@]2(O)C(=O)Nc3ccccc32)NC1=O. The highest BCUT2D eigenvalue weighted by molar-refractivity contribution is 7.98. The maximum Gasteiger partial charge on any atom is 0.261 e. The Kier molecular flexibility index (Phi) is 4.27. The fourth-order valence-corrected chi connectivity index (χ4v) is 3.81. The number of carbonyl (C=O) groups excluding carboxylic acids is 3. The molecule has 0 bridgehead atoms. The molecule has 7 nitrogen and oxygen atoms in total. The van der Waals surface area contributed by atoms with Gasteiger partial charge in [0, 0.05) is 22.9 Å². The van der Waals surface area contributed by atoms with Crippen LogP contribution in [0.1, 0.15) is 12.5 Å². The number of carbonyl (C=O) groups is 3. The molecule has 2 aliphatic rings. The molecule has 128 valence electrons. The van der Waals surface area contributed by atoms with Crippen molar-refractivity contribution in [2.24, 2.45) is 5.92 Å². The van der Waals surface area contributed by atoms with Crippen molar-refractivity contribution in [1.82, 2.24) is 10.6 Å². The number of anilines is 1. The summed E-state index contributed by atoms with van der Waals surface area (Å²) in [6.45, 7) is 1.58. The van der Waals surface area contributed by atoms with Gasteiger partial charge in [-0.25, -0.2) is 0 Å². The van der Waals surface area contributed by atoms with Gasteiger partial charge in [-0.15, -0.1) is 0 Å². The minimum absolute atomic E-state index is 0.309. The van der Waals surface area contributed by atoms with Crippen molar-refractivity contribution in [3.63, 3.8) is 0 Å². The molecule has 4 N–H and O–H groups in total. The molecule has 1 aromatic carbocycles. The summed E-state index contributed by atoms with van der Waals surface area (Å²) in [4.78, 5) is 37.0. The number of hydrogen-bond acceptors (Lipinski definition) is 5. The zero-order valence-electron chi connectivity index (χ0n) is 13.3. The largest absolute Gasteiger partial charge is 0.375 e. The van der Waals surface area contributed by atoms with E-state index in [9.17, 15) is 19.5 Å². The molecule has 2 aliphatic heterocycles. The predicted molar refractivity (Wildman–Crippen MR) is 90.4 cm³/mol. The zero-order chi connectivity index (χ0) is 17.5. The summed E-state index contributed by atoms with van der Waals surface area (Å²) in [7, 11) is 0. The molecule has 1 fully saturated rings. The van der Waals surface area contributed by atoms with Crippen molar-refractivity contribution in [3.8, 4) is 0 Å². The van der Waals surface area contributed by atoms with E-state index in [1.165, 1.54) is 11.8 Å². The molecule has 24 heavy (non-hydrogen) atoms. The Hall–Kier alpha value is -2.06. The van der Waals surface area contributed by atoms with Crippen molar-refractivity contribution >= 4 is 35.2 Å². The fraction of sp³-hybridized carbons (Fsp3) is 0.438. The summed E-state index contributed by atoms with van der Waals surface area (Å²) in [5, 5.41) is 19.0. The zero-order valence-corrected chi connectivity index (χ0v) is 14.1. The van der Waals surface area contributed by atoms with Crippen LogP contribution < -0.4 is 16.0 Å². The normalized spacial score (nSPS) is 30.2. The van der Waals surface area contributed by atoms with Crippen molar-refractivity contribution < 1.29 is 19.5 Å². The smallest absolute Gasteiger partial charge is 0.261 e. The molecule has 0 aliphatic carbocycles. The van der Waals surface area contributed by atoms with Crippen LogP contribution in [-0.2, 0) is 20.0 Å². The first kappa shape index (κ1) is 16.8. The van der Waals surface area contributed by atoms with Crippen LogP contribution in [0.25, 0.3) is 0 Å². The van der Waals surface area contributed by atoms with Crippen molar-refractivity contribution in [3.05, 3.63) is 29.8 Å². The van der Waals surface area contributed by atoms with E-state index in [0.29, 0.717) is 17.0 Å². The number of benzene rings is 1. The molecule has 0 saturated carbocycles. The van der Waals surface area contributed by atoms with E-state index in [4.69, 9.17) is 0 Å². The van der Waals surface area contributed by atoms with Crippen LogP contribution in [0.5, 0.6) is 0 Å². The summed E-state index contributed by atoms with van der Waals surface area (Å²) < 4.78 is 0. The maximum atomic E-state index is 12.4. The Morgan fingerprint density at radius 3 is 2.62 bits per heavy atom. The van der Waals surface area contributed by atoms with Gasteiger partial charge >= 0.3 is 0 Å². The Labute approximate surface area is 143 Å². The van der Waals surface area contributed by atoms with Gasteiger partial charge in [-0.05, 0) is 12.3 Å². The quantitative estimate of drug-likeness (QED) is 0.603. The van der Waals surface area contributed by atoms with Crippen LogP contribution in [-0.4, -0.2) is 46.9 Å². The van der Waals surface area contributed by atoms with Crippen molar-refractivity contribution in [2.45, 2.75) is 24.6 Å². The molecule has 1 saturated heterocycles. The monoisotopic (exact) mass is 349 g/mol. The highest BCUT2D eigenvalue weighted by Gasteiger charge is 2.54. The van der Waals surface area contributed by atoms with E-state index in [1.807, 2.05) is 6.26 Å². The molecular weight excluding hydrogens is 330 g/mol. The number of hydrogen-bond donors (Lipinski definition) is 4. The molecule has 4 atom stereocenters. The Morgan fingerprint density at radius 2 is 1.92 bits per heavy atom. The molecule has 1 unspecified atom stereocenters. The minimum atomic E-state index is -1.88. The van der Waals surface area contributed by atoms with Crippen LogP contribution in [0.4, 0.5) is 5.69 Å². The van der Waals surface area contributed by atoms with Gasteiger partial charge in [-0.1, -0.05) is 25.1 Å². The van der Waals surface area contributed by atoms with Crippen LogP contribution in [0.15, 0.2) is 24.3 Å². The number of fused-ring (bicyclic) bond motifs is 1. The lowest BCUT2D eigenvalue weighted by Gasteiger charge is -2.37. The molecule has 1 aromatic rings. The van der Waals surface area contributed by atoms with Crippen LogP contribution in [0.3, 0.4) is 0 Å². The lowest BCUT2D eigenvalue weighted by atomic mass is 9.78. The van der Waals surface area contributed by atoms with Gasteiger partial charge in [0.25, 0.3) is 5.91 Å². The van der Waals surface area contributed by atoms with Crippen LogP contribution in [0, 0.1) is 5.92 Å². The summed E-state index contributed by atoms with van der Waals surface area (Å²) in [5.41, 5.74) is -0.950. The van der Waals surface area contributed by atoms with Crippen LogP contribution in [0.2, 0.25) is 0 Å². The number of rotatable bonds is 4. The summed E-state index contributed by atoms with van der Waals surface area (Å²) in [6, 6.07) is 5.20. The van der Waals surface area contributed by atoms with E-state index in [-0.39, 0.29) is 5.91 Å². The standard InChI is InChI=1S/C16H19N3O4S/c1-8(12-14(21)17-11(7-24-2)13(20)19-12)16(23)9-5-3-4-6-10(9)18-15(16)22/h3-6,8,11-12,23H,7H2,1-2H3,(H,17,21)(H,18,22)(H,19,20)/t8-,11+,12?,16-/m1/s1. The number of thioether (sulfide) groups is 1. The van der Waals surface area contributed by atoms with Gasteiger partial charge in [0.2, 0.25) is 11.8 Å². The third-order valence-electron chi connectivity index (χ3n) is 4.64. The van der Waals surface area contributed by atoms with E-state index in [2.05, 4.69) is 16.0 Å². The average molecular weight is 349 g/mol. The lowest BCUT2D eigenvalue weighted by molar-refractivity contribution is -0.148. The van der Waals surface area contributed by atoms with E-state index >= 15 is 0 Å². The number of piperazine rings is 1. The fourth-order valence-electron chi connectivity index (χ4n) is 3.24. The third kappa shape index (κ3) is 2.46. The molecule has 0 aromatic heterocycles. The summed E-state index contributed by atoms with van der Waals surface area (Å²) in [5.74, 6) is -1.67. The lowest BCUT2D eigenvalue weighted by Crippen LogP contribution is -2.66. The number of aliphatic hydroxyl groups is 1. The van der Waals surface area contributed by atoms with Crippen molar-refractivity contribution in [2.75, 3.05) is 17.3 Å². The summed E-state index contributed by atoms with van der Waals surface area (Å²) >= 11 is 1.45. The van der Waals surface area contributed by atoms with Gasteiger partial charge < -0.3 is 21.1 Å².